The number of anilines is 2. The zero-order chi connectivity index (χ0) is 22.1. The fraction of sp³-hybridized carbons (Fsp3) is 0.130. The van der Waals surface area contributed by atoms with Crippen molar-refractivity contribution in [2.45, 2.75) is 13.0 Å². The lowest BCUT2D eigenvalue weighted by Gasteiger charge is -2.28. The molecule has 32 heavy (non-hydrogen) atoms. The Hall–Kier alpha value is -3.98. The summed E-state index contributed by atoms with van der Waals surface area (Å²) in [6.07, 6.45) is 3.28. The first kappa shape index (κ1) is 20.0. The van der Waals surface area contributed by atoms with E-state index in [9.17, 15) is 4.79 Å². The molecule has 1 atom stereocenters. The Morgan fingerprint density at radius 2 is 2.03 bits per heavy atom. The lowest BCUT2D eigenvalue weighted by atomic mass is 9.95. The Morgan fingerprint density at radius 1 is 1.19 bits per heavy atom. The number of ether oxygens (including phenoxy) is 1. The topological polar surface area (TPSA) is 94.0 Å². The third-order valence-electron chi connectivity index (χ3n) is 5.19. The van der Waals surface area contributed by atoms with Gasteiger partial charge in [0, 0.05) is 11.9 Å². The summed E-state index contributed by atoms with van der Waals surface area (Å²) >= 11 is 1.57. The van der Waals surface area contributed by atoms with Gasteiger partial charge in [-0.1, -0.05) is 18.2 Å². The number of methoxy groups -OCH3 is 1. The van der Waals surface area contributed by atoms with Crippen LogP contribution in [0.2, 0.25) is 0 Å². The number of nitrogens with one attached hydrogen (secondary N) is 2. The predicted octanol–water partition coefficient (Wildman–Crippen LogP) is 4.34. The van der Waals surface area contributed by atoms with E-state index in [1.165, 1.54) is 0 Å². The second kappa shape index (κ2) is 8.27. The number of fused-ring (bicyclic) bond motifs is 1. The molecule has 1 aliphatic rings. The quantitative estimate of drug-likeness (QED) is 0.476. The van der Waals surface area contributed by atoms with Crippen LogP contribution >= 0.6 is 11.3 Å². The van der Waals surface area contributed by atoms with Crippen molar-refractivity contribution >= 4 is 28.9 Å². The molecule has 0 aliphatic carbocycles. The Kier molecular flexibility index (Phi) is 5.16. The second-order valence-electron chi connectivity index (χ2n) is 7.22. The number of benzene rings is 1. The molecule has 0 spiro atoms. The van der Waals surface area contributed by atoms with Gasteiger partial charge >= 0.3 is 0 Å². The van der Waals surface area contributed by atoms with Crippen molar-refractivity contribution in [3.05, 3.63) is 83.1 Å². The number of thiophene rings is 1. The molecule has 0 saturated carbocycles. The summed E-state index contributed by atoms with van der Waals surface area (Å²) in [4.78, 5) is 23.1. The van der Waals surface area contributed by atoms with Crippen LogP contribution in [0.4, 0.5) is 11.6 Å². The van der Waals surface area contributed by atoms with E-state index in [1.54, 1.807) is 47.7 Å². The number of hydrogen-bond acceptors (Lipinski definition) is 7. The molecule has 0 radical (unpaired) electrons. The molecule has 1 amide bonds. The van der Waals surface area contributed by atoms with Gasteiger partial charge in [-0.15, -0.1) is 16.4 Å². The van der Waals surface area contributed by atoms with Crippen molar-refractivity contribution in [1.82, 2.24) is 19.7 Å². The normalized spacial score (nSPS) is 15.1. The highest BCUT2D eigenvalue weighted by molar-refractivity contribution is 7.13. The minimum atomic E-state index is -0.463. The maximum absolute atomic E-state index is 13.4. The van der Waals surface area contributed by atoms with E-state index < -0.39 is 6.04 Å². The molecule has 9 heteroatoms. The summed E-state index contributed by atoms with van der Waals surface area (Å²) in [5.41, 5.74) is 2.78. The Morgan fingerprint density at radius 3 is 2.72 bits per heavy atom. The van der Waals surface area contributed by atoms with E-state index in [0.29, 0.717) is 28.7 Å². The highest BCUT2D eigenvalue weighted by atomic mass is 32.1. The molecule has 0 saturated heterocycles. The molecular weight excluding hydrogens is 424 g/mol. The summed E-state index contributed by atoms with van der Waals surface area (Å²) in [7, 11) is 1.62. The summed E-state index contributed by atoms with van der Waals surface area (Å²) < 4.78 is 7.08. The van der Waals surface area contributed by atoms with Gasteiger partial charge in [0.05, 0.1) is 29.4 Å². The van der Waals surface area contributed by atoms with E-state index in [4.69, 9.17) is 9.84 Å². The molecule has 5 rings (SSSR count). The molecule has 160 valence electrons. The number of allylic oxidation sites excluding steroid dienone is 1. The van der Waals surface area contributed by atoms with Crippen LogP contribution in [0.1, 0.15) is 18.5 Å². The summed E-state index contributed by atoms with van der Waals surface area (Å²) in [6.45, 7) is 1.87. The summed E-state index contributed by atoms with van der Waals surface area (Å²) in [5, 5.41) is 12.9. The number of amides is 1. The average molecular weight is 445 g/mol. The molecule has 4 aromatic rings. The minimum absolute atomic E-state index is 0.234. The van der Waals surface area contributed by atoms with E-state index in [1.807, 2.05) is 48.7 Å². The van der Waals surface area contributed by atoms with Gasteiger partial charge in [0.1, 0.15) is 11.8 Å². The predicted molar refractivity (Wildman–Crippen MR) is 124 cm³/mol. The first-order valence-electron chi connectivity index (χ1n) is 9.97. The number of carbonyl (C=O) groups excluding carboxylic acids is 1. The largest absolute Gasteiger partial charge is 0.497 e. The number of rotatable bonds is 5. The molecule has 8 nitrogen and oxygen atoms in total. The molecule has 0 fully saturated rings. The van der Waals surface area contributed by atoms with Crippen molar-refractivity contribution in [1.29, 1.82) is 0 Å². The van der Waals surface area contributed by atoms with Crippen LogP contribution in [0.3, 0.4) is 0 Å². The molecule has 4 heterocycles. The molecule has 1 aromatic carbocycles. The summed E-state index contributed by atoms with van der Waals surface area (Å²) in [5.74, 6) is 1.71. The van der Waals surface area contributed by atoms with Gasteiger partial charge in [-0.2, -0.15) is 4.98 Å². The second-order valence-corrected chi connectivity index (χ2v) is 8.16. The van der Waals surface area contributed by atoms with E-state index in [2.05, 4.69) is 20.6 Å². The smallest absolute Gasteiger partial charge is 0.255 e. The van der Waals surface area contributed by atoms with Crippen molar-refractivity contribution < 1.29 is 9.53 Å². The van der Waals surface area contributed by atoms with Crippen LogP contribution in [0.5, 0.6) is 5.75 Å². The average Bonchev–Trinajstić information content (AvgIpc) is 3.49. The first-order valence-corrected chi connectivity index (χ1v) is 10.9. The molecule has 1 unspecified atom stereocenters. The van der Waals surface area contributed by atoms with Crippen molar-refractivity contribution in [3.8, 4) is 16.5 Å². The Bertz CT molecular complexity index is 1280. The van der Waals surface area contributed by atoms with E-state index in [0.717, 1.165) is 16.2 Å². The third-order valence-corrected chi connectivity index (χ3v) is 6.06. The van der Waals surface area contributed by atoms with Gasteiger partial charge < -0.3 is 15.4 Å². The van der Waals surface area contributed by atoms with Crippen LogP contribution in [0.15, 0.2) is 77.6 Å². The van der Waals surface area contributed by atoms with Gasteiger partial charge in [0.25, 0.3) is 5.91 Å². The molecular formula is C23H20N6O2S. The third kappa shape index (κ3) is 3.63. The molecule has 2 N–H and O–H groups in total. The van der Waals surface area contributed by atoms with Gasteiger partial charge in [-0.3, -0.25) is 9.78 Å². The standard InChI is InChI=1S/C23H20N6O2S/c1-14-19(22(30)26-16-5-3-11-24-13-16)20(15-7-9-17(31-2)10-8-15)29-23(25-14)27-21(28-29)18-6-4-12-32-18/h3-13,20H,1-2H3,(H,26,30)(H,25,27,28). The number of carbonyl (C=O) groups is 1. The maximum Gasteiger partial charge on any atom is 0.255 e. The lowest BCUT2D eigenvalue weighted by molar-refractivity contribution is -0.113. The van der Waals surface area contributed by atoms with E-state index in [-0.39, 0.29) is 5.91 Å². The highest BCUT2D eigenvalue weighted by Gasteiger charge is 2.34. The number of hydrogen-bond donors (Lipinski definition) is 2. The van der Waals surface area contributed by atoms with Gasteiger partial charge in [-0.05, 0) is 48.2 Å². The SMILES string of the molecule is COc1ccc(C2C(C(=O)Nc3cccnc3)=C(C)Nc3nc(-c4cccs4)nn32)cc1. The van der Waals surface area contributed by atoms with Crippen molar-refractivity contribution in [2.24, 2.45) is 0 Å². The fourth-order valence-corrected chi connectivity index (χ4v) is 4.34. The van der Waals surface area contributed by atoms with Crippen LogP contribution in [-0.2, 0) is 4.79 Å². The van der Waals surface area contributed by atoms with E-state index >= 15 is 0 Å². The monoisotopic (exact) mass is 444 g/mol. The van der Waals surface area contributed by atoms with Crippen molar-refractivity contribution in [2.75, 3.05) is 17.7 Å². The van der Waals surface area contributed by atoms with Crippen LogP contribution in [0.25, 0.3) is 10.7 Å². The number of nitrogens with zero attached hydrogens (tertiary/aromatic N) is 4. The summed E-state index contributed by atoms with van der Waals surface area (Å²) in [6, 6.07) is 14.7. The van der Waals surface area contributed by atoms with Gasteiger partial charge in [0.2, 0.25) is 5.95 Å². The Balaban J connectivity index is 1.60. The Labute approximate surface area is 188 Å². The van der Waals surface area contributed by atoms with Gasteiger partial charge in [-0.25, -0.2) is 4.68 Å². The van der Waals surface area contributed by atoms with Crippen molar-refractivity contribution in [3.63, 3.8) is 0 Å². The fourth-order valence-electron chi connectivity index (χ4n) is 3.68. The zero-order valence-electron chi connectivity index (χ0n) is 17.4. The first-order chi connectivity index (χ1) is 15.6. The zero-order valence-corrected chi connectivity index (χ0v) is 18.3. The molecule has 1 aliphatic heterocycles. The number of aromatic nitrogens is 4. The van der Waals surface area contributed by atoms with Crippen LogP contribution < -0.4 is 15.4 Å². The van der Waals surface area contributed by atoms with Crippen LogP contribution in [0, 0.1) is 0 Å². The maximum atomic E-state index is 13.4. The lowest BCUT2D eigenvalue weighted by Crippen LogP contribution is -2.31. The van der Waals surface area contributed by atoms with Gasteiger partial charge in [0.15, 0.2) is 5.82 Å². The minimum Gasteiger partial charge on any atom is -0.497 e. The highest BCUT2D eigenvalue weighted by Crippen LogP contribution is 2.37. The van der Waals surface area contributed by atoms with Crippen LogP contribution in [-0.4, -0.2) is 32.8 Å². The molecule has 0 bridgehead atoms. The molecule has 3 aromatic heterocycles. The number of pyridine rings is 1.